The van der Waals surface area contributed by atoms with Crippen molar-refractivity contribution in [3.63, 3.8) is 0 Å². The molecule has 3 atom stereocenters. The Morgan fingerprint density at radius 1 is 1.33 bits per heavy atom. The first-order valence-electron chi connectivity index (χ1n) is 8.34. The molecule has 0 radical (unpaired) electrons. The maximum Gasteiger partial charge on any atom is 0.125 e. The molecule has 1 heterocycles. The monoisotopic (exact) mass is 307 g/mol. The first-order valence-corrected chi connectivity index (χ1v) is 8.71. The number of benzene rings is 1. The molecule has 3 heteroatoms. The van der Waals surface area contributed by atoms with E-state index in [-0.39, 0.29) is 5.60 Å². The highest BCUT2D eigenvalue weighted by molar-refractivity contribution is 6.30. The van der Waals surface area contributed by atoms with Crippen LogP contribution in [-0.2, 0) is 0 Å². The molecule has 1 aliphatic carbocycles. The van der Waals surface area contributed by atoms with E-state index in [9.17, 15) is 0 Å². The number of fused-ring (bicyclic) bond motifs is 1. The third-order valence-corrected chi connectivity index (χ3v) is 5.36. The van der Waals surface area contributed by atoms with Crippen LogP contribution in [0.2, 0.25) is 5.02 Å². The maximum atomic E-state index is 6.52. The summed E-state index contributed by atoms with van der Waals surface area (Å²) in [5.41, 5.74) is 1.26. The third-order valence-electron chi connectivity index (χ3n) is 5.12. The van der Waals surface area contributed by atoms with Crippen LogP contribution in [-0.4, -0.2) is 12.1 Å². The van der Waals surface area contributed by atoms with E-state index in [2.05, 4.69) is 31.3 Å². The second-order valence-corrected chi connectivity index (χ2v) is 7.25. The minimum Gasteiger partial charge on any atom is -0.487 e. The summed E-state index contributed by atoms with van der Waals surface area (Å²) in [4.78, 5) is 0. The number of rotatable bonds is 2. The van der Waals surface area contributed by atoms with E-state index in [4.69, 9.17) is 16.3 Å². The summed E-state index contributed by atoms with van der Waals surface area (Å²) in [5, 5.41) is 4.43. The van der Waals surface area contributed by atoms with Crippen molar-refractivity contribution in [2.45, 2.75) is 64.0 Å². The first kappa shape index (κ1) is 15.2. The second-order valence-electron chi connectivity index (χ2n) is 6.82. The van der Waals surface area contributed by atoms with Crippen LogP contribution in [0.25, 0.3) is 0 Å². The van der Waals surface area contributed by atoms with E-state index < -0.39 is 0 Å². The van der Waals surface area contributed by atoms with Crippen molar-refractivity contribution >= 4 is 11.6 Å². The van der Waals surface area contributed by atoms with Gasteiger partial charge in [0.1, 0.15) is 11.4 Å². The van der Waals surface area contributed by atoms with Gasteiger partial charge in [0, 0.05) is 23.0 Å². The molecule has 1 spiro atoms. The highest BCUT2D eigenvalue weighted by Crippen LogP contribution is 2.46. The van der Waals surface area contributed by atoms with Crippen molar-refractivity contribution in [3.05, 3.63) is 28.8 Å². The number of ether oxygens (including phenoxy) is 1. The fraction of sp³-hybridized carbons (Fsp3) is 0.667. The smallest absolute Gasteiger partial charge is 0.125 e. The molecule has 0 aromatic heterocycles. The van der Waals surface area contributed by atoms with E-state index in [1.54, 1.807) is 0 Å². The summed E-state index contributed by atoms with van der Waals surface area (Å²) in [7, 11) is 0. The van der Waals surface area contributed by atoms with E-state index in [1.165, 1.54) is 37.7 Å². The van der Waals surface area contributed by atoms with E-state index in [1.807, 2.05) is 6.07 Å². The molecule has 1 fully saturated rings. The number of halogens is 1. The van der Waals surface area contributed by atoms with Crippen molar-refractivity contribution < 1.29 is 4.74 Å². The molecule has 0 bridgehead atoms. The highest BCUT2D eigenvalue weighted by atomic mass is 35.5. The summed E-state index contributed by atoms with van der Waals surface area (Å²) >= 11 is 6.18. The minimum absolute atomic E-state index is 0.0262. The van der Waals surface area contributed by atoms with Gasteiger partial charge in [-0.15, -0.1) is 0 Å². The van der Waals surface area contributed by atoms with E-state index in [0.29, 0.717) is 6.04 Å². The number of hydrogen-bond donors (Lipinski definition) is 1. The summed E-state index contributed by atoms with van der Waals surface area (Å²) < 4.78 is 6.52. The fourth-order valence-electron chi connectivity index (χ4n) is 3.93. The number of nitrogens with one attached hydrogen (secondary N) is 1. The molecule has 0 saturated heterocycles. The normalized spacial score (nSPS) is 32.3. The van der Waals surface area contributed by atoms with Gasteiger partial charge < -0.3 is 10.1 Å². The molecule has 1 saturated carbocycles. The average Bonchev–Trinajstić information content (AvgIpc) is 2.63. The van der Waals surface area contributed by atoms with E-state index in [0.717, 1.165) is 29.7 Å². The van der Waals surface area contributed by atoms with Gasteiger partial charge in [-0.1, -0.05) is 31.9 Å². The SMILES string of the molecule is CCNC1CC2(CCCC(C)CC2)Oc2ccc(Cl)cc21. The topological polar surface area (TPSA) is 21.3 Å². The van der Waals surface area contributed by atoms with Crippen LogP contribution in [0.3, 0.4) is 0 Å². The zero-order valence-electron chi connectivity index (χ0n) is 13.1. The molecule has 2 aliphatic rings. The zero-order valence-corrected chi connectivity index (χ0v) is 13.9. The maximum absolute atomic E-state index is 6.52. The lowest BCUT2D eigenvalue weighted by molar-refractivity contribution is 0.0156. The first-order chi connectivity index (χ1) is 10.1. The minimum atomic E-state index is 0.0262. The van der Waals surface area contributed by atoms with Gasteiger partial charge in [0.2, 0.25) is 0 Å². The molecule has 3 unspecified atom stereocenters. The standard InChI is InChI=1S/C18H26ClNO/c1-3-20-16-12-18(9-4-5-13(2)8-10-18)21-17-7-6-14(19)11-15(16)17/h6-7,11,13,16,20H,3-5,8-10,12H2,1-2H3. The van der Waals surface area contributed by atoms with Crippen molar-refractivity contribution in [3.8, 4) is 5.75 Å². The van der Waals surface area contributed by atoms with Crippen LogP contribution in [0.5, 0.6) is 5.75 Å². The van der Waals surface area contributed by atoms with Gasteiger partial charge in [0.15, 0.2) is 0 Å². The molecule has 1 N–H and O–H groups in total. The molecular weight excluding hydrogens is 282 g/mol. The molecule has 0 amide bonds. The predicted octanol–water partition coefficient (Wildman–Crippen LogP) is 5.11. The molecular formula is C18H26ClNO. The summed E-state index contributed by atoms with van der Waals surface area (Å²) in [6.45, 7) is 5.52. The van der Waals surface area contributed by atoms with Crippen LogP contribution < -0.4 is 10.1 Å². The van der Waals surface area contributed by atoms with E-state index >= 15 is 0 Å². The summed E-state index contributed by atoms with van der Waals surface area (Å²) in [6, 6.07) is 6.43. The van der Waals surface area contributed by atoms with Crippen molar-refractivity contribution in [2.24, 2.45) is 5.92 Å². The molecule has 116 valence electrons. The Bertz CT molecular complexity index is 504. The van der Waals surface area contributed by atoms with Crippen LogP contribution in [0.4, 0.5) is 0 Å². The third kappa shape index (κ3) is 3.22. The predicted molar refractivity (Wildman–Crippen MR) is 88.1 cm³/mol. The Hall–Kier alpha value is -0.730. The summed E-state index contributed by atoms with van der Waals surface area (Å²) in [5.74, 6) is 1.86. The Balaban J connectivity index is 1.91. The van der Waals surface area contributed by atoms with Gasteiger partial charge in [-0.25, -0.2) is 0 Å². The van der Waals surface area contributed by atoms with Crippen molar-refractivity contribution in [2.75, 3.05) is 6.54 Å². The zero-order chi connectivity index (χ0) is 14.9. The average molecular weight is 308 g/mol. The second kappa shape index (κ2) is 6.18. The molecule has 3 rings (SSSR count). The Morgan fingerprint density at radius 2 is 2.19 bits per heavy atom. The molecule has 1 aliphatic heterocycles. The van der Waals surface area contributed by atoms with Crippen LogP contribution in [0.15, 0.2) is 18.2 Å². The largest absolute Gasteiger partial charge is 0.487 e. The van der Waals surface area contributed by atoms with Gasteiger partial charge in [0.05, 0.1) is 0 Å². The Labute approximate surface area is 133 Å². The molecule has 1 aromatic carbocycles. The number of hydrogen-bond acceptors (Lipinski definition) is 2. The van der Waals surface area contributed by atoms with Crippen molar-refractivity contribution in [1.82, 2.24) is 5.32 Å². The molecule has 1 aromatic rings. The lowest BCUT2D eigenvalue weighted by Crippen LogP contribution is -2.44. The van der Waals surface area contributed by atoms with Gasteiger partial charge in [-0.3, -0.25) is 0 Å². The van der Waals surface area contributed by atoms with Gasteiger partial charge in [-0.2, -0.15) is 0 Å². The highest BCUT2D eigenvalue weighted by Gasteiger charge is 2.41. The lowest BCUT2D eigenvalue weighted by Gasteiger charge is -2.42. The van der Waals surface area contributed by atoms with Crippen LogP contribution in [0.1, 0.15) is 64.0 Å². The summed E-state index contributed by atoms with van der Waals surface area (Å²) in [6.07, 6.45) is 7.33. The Morgan fingerprint density at radius 3 is 3.00 bits per heavy atom. The van der Waals surface area contributed by atoms with Gasteiger partial charge in [-0.05, 0) is 56.3 Å². The fourth-order valence-corrected chi connectivity index (χ4v) is 4.11. The van der Waals surface area contributed by atoms with Crippen molar-refractivity contribution in [1.29, 1.82) is 0 Å². The molecule has 21 heavy (non-hydrogen) atoms. The van der Waals surface area contributed by atoms with Gasteiger partial charge in [0.25, 0.3) is 0 Å². The van der Waals surface area contributed by atoms with Crippen LogP contribution in [0, 0.1) is 5.92 Å². The van der Waals surface area contributed by atoms with Crippen LogP contribution >= 0.6 is 11.6 Å². The Kier molecular flexibility index (Phi) is 4.46. The molecule has 2 nitrogen and oxygen atoms in total. The quantitative estimate of drug-likeness (QED) is 0.819. The lowest BCUT2D eigenvalue weighted by atomic mass is 9.82. The van der Waals surface area contributed by atoms with Gasteiger partial charge >= 0.3 is 0 Å².